The van der Waals surface area contributed by atoms with Gasteiger partial charge in [-0.3, -0.25) is 4.79 Å². The van der Waals surface area contributed by atoms with Gasteiger partial charge in [0.1, 0.15) is 11.6 Å². The third-order valence-corrected chi connectivity index (χ3v) is 6.19. The van der Waals surface area contributed by atoms with Crippen LogP contribution in [0.2, 0.25) is 5.02 Å². The average molecular weight is 491 g/mol. The minimum absolute atomic E-state index is 0.220. The monoisotopic (exact) mass is 490 g/mol. The molecule has 2 N–H and O–H groups in total. The van der Waals surface area contributed by atoms with E-state index in [1.54, 1.807) is 10.7 Å². The van der Waals surface area contributed by atoms with Crippen LogP contribution in [-0.4, -0.2) is 20.7 Å². The molecule has 0 unspecified atom stereocenters. The van der Waals surface area contributed by atoms with Crippen molar-refractivity contribution in [1.82, 2.24) is 14.8 Å². The van der Waals surface area contributed by atoms with Gasteiger partial charge in [-0.1, -0.05) is 80.4 Å². The molecule has 1 aromatic heterocycles. The Morgan fingerprint density at radius 1 is 1.09 bits per heavy atom. The highest BCUT2D eigenvalue weighted by atomic mass is 35.5. The van der Waals surface area contributed by atoms with Gasteiger partial charge in [0.05, 0.1) is 12.1 Å². The minimum Gasteiger partial charge on any atom is -0.366 e. The van der Waals surface area contributed by atoms with Gasteiger partial charge in [0, 0.05) is 16.5 Å². The molecule has 0 aliphatic rings. The molecule has 5 nitrogen and oxygen atoms in total. The quantitative estimate of drug-likeness (QED) is 0.341. The molecule has 0 fully saturated rings. The molecule has 1 atom stereocenters. The molecule has 4 aromatic rings. The maximum absolute atomic E-state index is 14.8. The second-order valence-corrected chi connectivity index (χ2v) is 10.3. The summed E-state index contributed by atoms with van der Waals surface area (Å²) in [4.78, 5) is 17.2. The average Bonchev–Trinajstić information content (AvgIpc) is 3.18. The van der Waals surface area contributed by atoms with Crippen LogP contribution in [0.15, 0.2) is 66.7 Å². The molecular weight excluding hydrogens is 463 g/mol. The van der Waals surface area contributed by atoms with Crippen LogP contribution in [0.3, 0.4) is 0 Å². The number of nitrogens with two attached hydrogens (primary N) is 1. The molecule has 0 radical (unpaired) electrons. The predicted molar refractivity (Wildman–Crippen MR) is 137 cm³/mol. The summed E-state index contributed by atoms with van der Waals surface area (Å²) in [6, 6.07) is 19.8. The molecule has 180 valence electrons. The van der Waals surface area contributed by atoms with Gasteiger partial charge in [-0.25, -0.2) is 14.1 Å². The van der Waals surface area contributed by atoms with Crippen LogP contribution in [0.1, 0.15) is 59.6 Å². The Balaban J connectivity index is 1.98. The summed E-state index contributed by atoms with van der Waals surface area (Å²) in [6.07, 6.45) is 0. The van der Waals surface area contributed by atoms with Gasteiger partial charge in [0.15, 0.2) is 5.82 Å². The van der Waals surface area contributed by atoms with Crippen molar-refractivity contribution in [2.45, 2.75) is 40.2 Å². The third-order valence-electron chi connectivity index (χ3n) is 5.95. The highest BCUT2D eigenvalue weighted by molar-refractivity contribution is 6.30. The summed E-state index contributed by atoms with van der Waals surface area (Å²) in [6.45, 7) is 8.62. The van der Waals surface area contributed by atoms with E-state index in [2.05, 4.69) is 20.8 Å². The lowest BCUT2D eigenvalue weighted by molar-refractivity contribution is 0.0998. The molecule has 0 aliphatic heterocycles. The summed E-state index contributed by atoms with van der Waals surface area (Å²) in [5, 5.41) is 5.12. The zero-order valence-corrected chi connectivity index (χ0v) is 21.0. The Morgan fingerprint density at radius 3 is 2.46 bits per heavy atom. The van der Waals surface area contributed by atoms with Gasteiger partial charge < -0.3 is 5.73 Å². The van der Waals surface area contributed by atoms with Crippen molar-refractivity contribution in [3.63, 3.8) is 0 Å². The molecule has 1 heterocycles. The van der Waals surface area contributed by atoms with Crippen LogP contribution in [0.5, 0.6) is 0 Å². The standard InChI is InChI=1S/C28H28ClFN4O/c1-17-10-12-20(25(31)35)21(14-17)24(28(2,3)4)27-32-26(22-15-19(29)11-13-23(22)30)33-34(27)16-18-8-6-5-7-9-18/h5-15,24H,16H2,1-4H3,(H2,31,35)/t24-/m1/s1. The molecule has 3 aromatic carbocycles. The lowest BCUT2D eigenvalue weighted by Gasteiger charge is -2.32. The molecule has 0 spiro atoms. The lowest BCUT2D eigenvalue weighted by atomic mass is 9.74. The fraction of sp³-hybridized carbons (Fsp3) is 0.250. The van der Waals surface area contributed by atoms with E-state index in [9.17, 15) is 9.18 Å². The van der Waals surface area contributed by atoms with E-state index in [0.29, 0.717) is 23.0 Å². The molecule has 35 heavy (non-hydrogen) atoms. The topological polar surface area (TPSA) is 73.8 Å². The van der Waals surface area contributed by atoms with E-state index in [4.69, 9.17) is 27.4 Å². The van der Waals surface area contributed by atoms with Crippen molar-refractivity contribution >= 4 is 17.5 Å². The fourth-order valence-electron chi connectivity index (χ4n) is 4.36. The highest BCUT2D eigenvalue weighted by Gasteiger charge is 2.35. The maximum atomic E-state index is 14.8. The van der Waals surface area contributed by atoms with Crippen LogP contribution in [0.4, 0.5) is 4.39 Å². The van der Waals surface area contributed by atoms with E-state index < -0.39 is 11.7 Å². The lowest BCUT2D eigenvalue weighted by Crippen LogP contribution is -2.27. The minimum atomic E-state index is -0.510. The van der Waals surface area contributed by atoms with Crippen molar-refractivity contribution in [2.24, 2.45) is 11.1 Å². The number of hydrogen-bond donors (Lipinski definition) is 1. The zero-order chi connectivity index (χ0) is 25.3. The van der Waals surface area contributed by atoms with E-state index in [0.717, 1.165) is 16.7 Å². The SMILES string of the molecule is Cc1ccc(C(N)=O)c([C@H](c2nc(-c3cc(Cl)ccc3F)nn2Cc2ccccc2)C(C)(C)C)c1. The number of rotatable bonds is 6. The summed E-state index contributed by atoms with van der Waals surface area (Å²) in [5.41, 5.74) is 8.83. The van der Waals surface area contributed by atoms with Crippen LogP contribution in [0, 0.1) is 18.2 Å². The first-order valence-electron chi connectivity index (χ1n) is 11.4. The second-order valence-electron chi connectivity index (χ2n) is 9.82. The predicted octanol–water partition coefficient (Wildman–Crippen LogP) is 6.37. The normalized spacial score (nSPS) is 12.5. The Labute approximate surface area is 209 Å². The first-order valence-corrected chi connectivity index (χ1v) is 11.8. The largest absolute Gasteiger partial charge is 0.366 e. The summed E-state index contributed by atoms with van der Waals surface area (Å²) in [5.74, 6) is -0.470. The number of primary amides is 1. The Morgan fingerprint density at radius 2 is 1.80 bits per heavy atom. The third kappa shape index (κ3) is 5.28. The van der Waals surface area contributed by atoms with Gasteiger partial charge in [0.2, 0.25) is 5.91 Å². The number of nitrogens with zero attached hydrogens (tertiary/aromatic N) is 3. The molecule has 0 bridgehead atoms. The van der Waals surface area contributed by atoms with Crippen molar-refractivity contribution in [1.29, 1.82) is 0 Å². The number of benzene rings is 3. The first kappa shape index (κ1) is 24.6. The van der Waals surface area contributed by atoms with E-state index in [1.165, 1.54) is 18.2 Å². The number of amides is 1. The number of carbonyl (C=O) groups excluding carboxylic acids is 1. The summed E-state index contributed by atoms with van der Waals surface area (Å²) < 4.78 is 16.6. The molecule has 1 amide bonds. The van der Waals surface area contributed by atoms with E-state index in [-0.39, 0.29) is 22.7 Å². The van der Waals surface area contributed by atoms with Crippen LogP contribution in [-0.2, 0) is 6.54 Å². The maximum Gasteiger partial charge on any atom is 0.249 e. The van der Waals surface area contributed by atoms with Gasteiger partial charge in [0.25, 0.3) is 0 Å². The second kappa shape index (κ2) is 9.62. The Hall–Kier alpha value is -3.51. The fourth-order valence-corrected chi connectivity index (χ4v) is 4.53. The van der Waals surface area contributed by atoms with E-state index in [1.807, 2.05) is 49.4 Å². The zero-order valence-electron chi connectivity index (χ0n) is 20.2. The molecule has 0 saturated carbocycles. The number of aromatic nitrogens is 3. The summed E-state index contributed by atoms with van der Waals surface area (Å²) >= 11 is 6.17. The van der Waals surface area contributed by atoms with Crippen molar-refractivity contribution in [3.05, 3.63) is 106 Å². The molecule has 0 aliphatic carbocycles. The van der Waals surface area contributed by atoms with Crippen LogP contribution >= 0.6 is 11.6 Å². The Bertz CT molecular complexity index is 1380. The Kier molecular flexibility index (Phi) is 6.77. The molecule has 7 heteroatoms. The molecular formula is C28H28ClFN4O. The first-order chi connectivity index (χ1) is 16.5. The smallest absolute Gasteiger partial charge is 0.249 e. The van der Waals surface area contributed by atoms with Crippen molar-refractivity contribution < 1.29 is 9.18 Å². The van der Waals surface area contributed by atoms with Gasteiger partial charge in [-0.15, -0.1) is 0 Å². The molecule has 4 rings (SSSR count). The van der Waals surface area contributed by atoms with Crippen molar-refractivity contribution in [2.75, 3.05) is 0 Å². The summed E-state index contributed by atoms with van der Waals surface area (Å²) in [7, 11) is 0. The van der Waals surface area contributed by atoms with Gasteiger partial charge in [-0.05, 0) is 47.7 Å². The van der Waals surface area contributed by atoms with Crippen molar-refractivity contribution in [3.8, 4) is 11.4 Å². The number of carbonyl (C=O) groups is 1. The van der Waals surface area contributed by atoms with Crippen LogP contribution in [0.25, 0.3) is 11.4 Å². The highest BCUT2D eigenvalue weighted by Crippen LogP contribution is 2.42. The number of halogens is 2. The number of aryl methyl sites for hydroxylation is 1. The molecule has 0 saturated heterocycles. The number of hydrogen-bond acceptors (Lipinski definition) is 3. The van der Waals surface area contributed by atoms with Gasteiger partial charge >= 0.3 is 0 Å². The van der Waals surface area contributed by atoms with Gasteiger partial charge in [-0.2, -0.15) is 5.10 Å². The van der Waals surface area contributed by atoms with E-state index >= 15 is 0 Å². The van der Waals surface area contributed by atoms with Crippen LogP contribution < -0.4 is 5.73 Å².